The van der Waals surface area contributed by atoms with E-state index in [-0.39, 0.29) is 0 Å². The number of anilines is 1. The molecule has 10 nitrogen and oxygen atoms in total. The van der Waals surface area contributed by atoms with Crippen molar-refractivity contribution in [2.75, 3.05) is 70.3 Å². The van der Waals surface area contributed by atoms with E-state index in [2.05, 4.69) is 35.0 Å². The predicted molar refractivity (Wildman–Crippen MR) is 156 cm³/mol. The van der Waals surface area contributed by atoms with E-state index in [0.29, 0.717) is 13.1 Å². The molecule has 0 spiro atoms. The van der Waals surface area contributed by atoms with E-state index in [9.17, 15) is 9.90 Å². The number of aliphatic carboxylic acids is 1. The highest BCUT2D eigenvalue weighted by molar-refractivity contribution is 5.84. The fraction of sp³-hybridized carbons (Fsp3) is 0.724. The third-order valence-corrected chi connectivity index (χ3v) is 8.26. The number of nitrogens with one attached hydrogen (secondary N) is 1. The topological polar surface area (TPSA) is 100 Å². The van der Waals surface area contributed by atoms with Gasteiger partial charge in [0.15, 0.2) is 0 Å². The van der Waals surface area contributed by atoms with Crippen molar-refractivity contribution in [1.29, 1.82) is 0 Å². The first-order valence-electron chi connectivity index (χ1n) is 15.1. The summed E-state index contributed by atoms with van der Waals surface area (Å²) in [5.41, 5.74) is 0. The summed E-state index contributed by atoms with van der Waals surface area (Å²) in [5.74, 6) is -1.42. The number of hydrogen-bond donors (Lipinski definition) is 2. The first-order valence-corrected chi connectivity index (χ1v) is 15.1. The van der Waals surface area contributed by atoms with Gasteiger partial charge in [0, 0.05) is 77.2 Å². The molecule has 216 valence electrons. The first-order chi connectivity index (χ1) is 19.2. The lowest BCUT2D eigenvalue weighted by molar-refractivity contribution is -0.154. The monoisotopic (exact) mass is 540 g/mol. The summed E-state index contributed by atoms with van der Waals surface area (Å²) in [5, 5.41) is 12.7. The number of hydrogen-bond acceptors (Lipinski definition) is 9. The van der Waals surface area contributed by atoms with Gasteiger partial charge in [-0.2, -0.15) is 0 Å². The number of rotatable bonds is 16. The summed E-state index contributed by atoms with van der Waals surface area (Å²) >= 11 is 0. The summed E-state index contributed by atoms with van der Waals surface area (Å²) < 4.78 is 0. The van der Waals surface area contributed by atoms with Gasteiger partial charge in [-0.3, -0.25) is 4.90 Å². The SMILES string of the molecule is O=C(O)C1(N2CCN(CCCCCCCCCCCCN3CCN(c4ncccn4)CC3)CC2)N=CC=CN1. The van der Waals surface area contributed by atoms with Crippen LogP contribution in [0.15, 0.2) is 35.7 Å². The highest BCUT2D eigenvalue weighted by Crippen LogP contribution is 2.20. The molecule has 3 aliphatic rings. The Hall–Kier alpha value is -2.56. The number of aromatic nitrogens is 2. The number of allylic oxidation sites excluding steroid dienone is 1. The number of carbonyl (C=O) groups is 1. The molecule has 1 aromatic heterocycles. The molecule has 3 aliphatic heterocycles. The van der Waals surface area contributed by atoms with Crippen molar-refractivity contribution in [3.8, 4) is 0 Å². The van der Waals surface area contributed by atoms with Crippen molar-refractivity contribution in [3.63, 3.8) is 0 Å². The quantitative estimate of drug-likeness (QED) is 0.307. The molecule has 0 bridgehead atoms. The zero-order valence-corrected chi connectivity index (χ0v) is 23.6. The van der Waals surface area contributed by atoms with Crippen LogP contribution in [0.25, 0.3) is 0 Å². The van der Waals surface area contributed by atoms with Crippen molar-refractivity contribution >= 4 is 18.1 Å². The molecule has 2 saturated heterocycles. The molecule has 1 unspecified atom stereocenters. The minimum Gasteiger partial charge on any atom is -0.477 e. The average molecular weight is 541 g/mol. The van der Waals surface area contributed by atoms with Gasteiger partial charge in [0.2, 0.25) is 5.95 Å². The summed E-state index contributed by atoms with van der Waals surface area (Å²) in [6, 6.07) is 1.87. The summed E-state index contributed by atoms with van der Waals surface area (Å²) in [4.78, 5) is 34.2. The molecule has 0 amide bonds. The number of piperazine rings is 2. The van der Waals surface area contributed by atoms with Crippen molar-refractivity contribution < 1.29 is 9.90 Å². The van der Waals surface area contributed by atoms with Gasteiger partial charge in [0.1, 0.15) is 0 Å². The molecule has 39 heavy (non-hydrogen) atoms. The largest absolute Gasteiger partial charge is 0.477 e. The molecule has 10 heteroatoms. The maximum Gasteiger partial charge on any atom is 0.369 e. The number of unbranched alkanes of at least 4 members (excludes halogenated alkanes) is 9. The van der Waals surface area contributed by atoms with E-state index in [0.717, 1.165) is 51.8 Å². The molecular weight excluding hydrogens is 492 g/mol. The van der Waals surface area contributed by atoms with Crippen LogP contribution in [0.4, 0.5) is 5.95 Å². The Balaban J connectivity index is 0.925. The zero-order chi connectivity index (χ0) is 27.2. The van der Waals surface area contributed by atoms with Crippen LogP contribution >= 0.6 is 0 Å². The molecule has 2 fully saturated rings. The van der Waals surface area contributed by atoms with E-state index >= 15 is 0 Å². The third kappa shape index (κ3) is 8.98. The van der Waals surface area contributed by atoms with Crippen LogP contribution in [0.1, 0.15) is 64.2 Å². The lowest BCUT2D eigenvalue weighted by Gasteiger charge is -2.43. The second-order valence-electron chi connectivity index (χ2n) is 11.0. The fourth-order valence-electron chi connectivity index (χ4n) is 5.83. The van der Waals surface area contributed by atoms with Crippen LogP contribution in [-0.4, -0.2) is 113 Å². The Labute approximate surface area is 234 Å². The maximum atomic E-state index is 11.9. The number of aliphatic imine (C=N–C) groups is 1. The van der Waals surface area contributed by atoms with Gasteiger partial charge >= 0.3 is 5.97 Å². The van der Waals surface area contributed by atoms with E-state index in [1.807, 2.05) is 23.4 Å². The number of carboxylic acid groups (broad SMARTS) is 1. The van der Waals surface area contributed by atoms with Gasteiger partial charge in [-0.25, -0.2) is 24.7 Å². The fourth-order valence-corrected chi connectivity index (χ4v) is 5.83. The van der Waals surface area contributed by atoms with Gasteiger partial charge in [0.05, 0.1) is 0 Å². The van der Waals surface area contributed by atoms with E-state index in [4.69, 9.17) is 0 Å². The molecule has 4 heterocycles. The lowest BCUT2D eigenvalue weighted by Crippen LogP contribution is -2.66. The molecule has 1 aromatic rings. The smallest absolute Gasteiger partial charge is 0.369 e. The van der Waals surface area contributed by atoms with Crippen LogP contribution in [0.5, 0.6) is 0 Å². The highest BCUT2D eigenvalue weighted by atomic mass is 16.4. The van der Waals surface area contributed by atoms with Crippen LogP contribution in [0.3, 0.4) is 0 Å². The second kappa shape index (κ2) is 15.9. The summed E-state index contributed by atoms with van der Waals surface area (Å²) in [7, 11) is 0. The van der Waals surface area contributed by atoms with E-state index in [1.54, 1.807) is 18.5 Å². The van der Waals surface area contributed by atoms with Crippen LogP contribution in [-0.2, 0) is 4.79 Å². The summed E-state index contributed by atoms with van der Waals surface area (Å²) in [6.07, 6.45) is 21.9. The minimum atomic E-state index is -1.34. The van der Waals surface area contributed by atoms with E-state index in [1.165, 1.54) is 70.8 Å². The van der Waals surface area contributed by atoms with Gasteiger partial charge in [-0.1, -0.05) is 51.4 Å². The third-order valence-electron chi connectivity index (χ3n) is 8.26. The van der Waals surface area contributed by atoms with Crippen LogP contribution in [0.2, 0.25) is 0 Å². The minimum absolute atomic E-state index is 0.713. The standard InChI is InChI=1S/C29H48N8O2/c38-27(39)29(32-15-12-16-33-29)37-25-21-35(22-26-37)18-10-8-6-4-2-1-3-5-7-9-17-34-19-23-36(24-20-34)28-30-13-11-14-31-28/h11-16,32H,1-10,17-26H2,(H,38,39). The lowest BCUT2D eigenvalue weighted by atomic mass is 10.1. The van der Waals surface area contributed by atoms with Crippen molar-refractivity contribution in [2.45, 2.75) is 70.0 Å². The van der Waals surface area contributed by atoms with Crippen LogP contribution < -0.4 is 10.2 Å². The van der Waals surface area contributed by atoms with Crippen molar-refractivity contribution in [1.82, 2.24) is 30.0 Å². The van der Waals surface area contributed by atoms with Gasteiger partial charge in [0.25, 0.3) is 5.79 Å². The highest BCUT2D eigenvalue weighted by Gasteiger charge is 2.45. The summed E-state index contributed by atoms with van der Waals surface area (Å²) in [6.45, 7) is 9.84. The number of carboxylic acids is 1. The molecule has 0 saturated carbocycles. The molecule has 4 rings (SSSR count). The Kier molecular flexibility index (Phi) is 12.0. The first kappa shape index (κ1) is 29.4. The van der Waals surface area contributed by atoms with Gasteiger partial charge < -0.3 is 20.2 Å². The second-order valence-corrected chi connectivity index (χ2v) is 11.0. The average Bonchev–Trinajstić information content (AvgIpc) is 2.99. The van der Waals surface area contributed by atoms with Crippen molar-refractivity contribution in [3.05, 3.63) is 30.7 Å². The Morgan fingerprint density at radius 2 is 1.28 bits per heavy atom. The normalized spacial score (nSPS) is 22.7. The molecule has 0 radical (unpaired) electrons. The van der Waals surface area contributed by atoms with Gasteiger partial charge in [-0.05, 0) is 38.1 Å². The number of nitrogens with zero attached hydrogens (tertiary/aromatic N) is 7. The molecule has 0 aromatic carbocycles. The van der Waals surface area contributed by atoms with E-state index < -0.39 is 11.8 Å². The van der Waals surface area contributed by atoms with Crippen LogP contribution in [0, 0.1) is 0 Å². The Morgan fingerprint density at radius 1 is 0.769 bits per heavy atom. The van der Waals surface area contributed by atoms with Gasteiger partial charge in [-0.15, -0.1) is 0 Å². The molecular formula is C29H48N8O2. The molecule has 0 aliphatic carbocycles. The molecule has 1 atom stereocenters. The molecule has 2 N–H and O–H groups in total. The maximum absolute atomic E-state index is 11.9. The predicted octanol–water partition coefficient (Wildman–Crippen LogP) is 3.04. The Bertz CT molecular complexity index is 898. The zero-order valence-electron chi connectivity index (χ0n) is 23.6. The Morgan fingerprint density at radius 3 is 1.77 bits per heavy atom. The van der Waals surface area contributed by atoms with Crippen molar-refractivity contribution in [2.24, 2.45) is 4.99 Å².